The van der Waals surface area contributed by atoms with E-state index in [0.29, 0.717) is 18.4 Å². The molecule has 4 heteroatoms. The van der Waals surface area contributed by atoms with Crippen molar-refractivity contribution in [2.45, 2.75) is 19.7 Å². The lowest BCUT2D eigenvalue weighted by Crippen LogP contribution is -2.00. The second-order valence-corrected chi connectivity index (χ2v) is 2.58. The highest BCUT2D eigenvalue weighted by molar-refractivity contribution is 6.17. The van der Waals surface area contributed by atoms with E-state index in [-0.39, 0.29) is 0 Å². The average molecular weight is 187 g/mol. The molecule has 0 aliphatic heterocycles. The van der Waals surface area contributed by atoms with Crippen LogP contribution in [-0.4, -0.2) is 16.6 Å². The quantitative estimate of drug-likeness (QED) is 0.677. The van der Waals surface area contributed by atoms with Crippen LogP contribution in [0.15, 0.2) is 6.33 Å². The van der Waals surface area contributed by atoms with Gasteiger partial charge in [-0.05, 0) is 13.8 Å². The van der Waals surface area contributed by atoms with Crippen molar-refractivity contribution < 1.29 is 4.74 Å². The lowest BCUT2D eigenvalue weighted by atomic mass is 10.3. The Hall–Kier alpha value is -0.830. The number of nitrogens with zero attached hydrogens (tertiary/aromatic N) is 2. The molecule has 0 saturated carbocycles. The van der Waals surface area contributed by atoms with Crippen molar-refractivity contribution in [3.63, 3.8) is 0 Å². The predicted octanol–water partition coefficient (Wildman–Crippen LogP) is 1.92. The number of ether oxygens (including phenoxy) is 1. The van der Waals surface area contributed by atoms with Gasteiger partial charge in [0.2, 0.25) is 5.88 Å². The van der Waals surface area contributed by atoms with E-state index in [0.717, 1.165) is 11.3 Å². The van der Waals surface area contributed by atoms with Crippen LogP contribution in [0, 0.1) is 6.92 Å². The molecule has 0 saturated heterocycles. The molecule has 0 atom stereocenters. The van der Waals surface area contributed by atoms with Gasteiger partial charge in [0, 0.05) is 5.56 Å². The van der Waals surface area contributed by atoms with Crippen LogP contribution < -0.4 is 4.74 Å². The van der Waals surface area contributed by atoms with Gasteiger partial charge in [-0.15, -0.1) is 11.6 Å². The van der Waals surface area contributed by atoms with E-state index in [1.165, 1.54) is 6.33 Å². The minimum atomic E-state index is 0.397. The Bertz CT molecular complexity index is 265. The molecule has 1 aromatic rings. The highest BCUT2D eigenvalue weighted by atomic mass is 35.5. The summed E-state index contributed by atoms with van der Waals surface area (Å²) in [6, 6.07) is 0. The van der Waals surface area contributed by atoms with Crippen molar-refractivity contribution in [2.75, 3.05) is 6.61 Å². The van der Waals surface area contributed by atoms with Gasteiger partial charge in [-0.25, -0.2) is 9.97 Å². The summed E-state index contributed by atoms with van der Waals surface area (Å²) in [5, 5.41) is 0. The first-order valence-electron chi connectivity index (χ1n) is 3.78. The molecule has 3 nitrogen and oxygen atoms in total. The lowest BCUT2D eigenvalue weighted by Gasteiger charge is -2.06. The van der Waals surface area contributed by atoms with Gasteiger partial charge in [-0.2, -0.15) is 0 Å². The van der Waals surface area contributed by atoms with Crippen molar-refractivity contribution >= 4 is 11.6 Å². The summed E-state index contributed by atoms with van der Waals surface area (Å²) < 4.78 is 5.27. The molecule has 66 valence electrons. The summed E-state index contributed by atoms with van der Waals surface area (Å²) >= 11 is 5.66. The molecule has 0 aromatic carbocycles. The van der Waals surface area contributed by atoms with Crippen LogP contribution in [-0.2, 0) is 5.88 Å². The fourth-order valence-electron chi connectivity index (χ4n) is 0.885. The van der Waals surface area contributed by atoms with E-state index >= 15 is 0 Å². The van der Waals surface area contributed by atoms with Crippen LogP contribution in [0.2, 0.25) is 0 Å². The van der Waals surface area contributed by atoms with Gasteiger partial charge in [0.25, 0.3) is 0 Å². The van der Waals surface area contributed by atoms with E-state index in [2.05, 4.69) is 9.97 Å². The largest absolute Gasteiger partial charge is 0.478 e. The van der Waals surface area contributed by atoms with Gasteiger partial charge in [0.1, 0.15) is 6.33 Å². The van der Waals surface area contributed by atoms with Gasteiger partial charge in [-0.1, -0.05) is 0 Å². The Balaban J connectivity index is 2.97. The highest BCUT2D eigenvalue weighted by Gasteiger charge is 2.05. The maximum atomic E-state index is 5.66. The SMILES string of the molecule is CCOc1ncnc(CCl)c1C. The fraction of sp³-hybridized carbons (Fsp3) is 0.500. The zero-order chi connectivity index (χ0) is 8.97. The van der Waals surface area contributed by atoms with E-state index in [1.807, 2.05) is 13.8 Å². The summed E-state index contributed by atoms with van der Waals surface area (Å²) in [4.78, 5) is 8.00. The van der Waals surface area contributed by atoms with E-state index < -0.39 is 0 Å². The van der Waals surface area contributed by atoms with E-state index in [9.17, 15) is 0 Å². The molecule has 0 aliphatic rings. The van der Waals surface area contributed by atoms with E-state index in [1.54, 1.807) is 0 Å². The van der Waals surface area contributed by atoms with E-state index in [4.69, 9.17) is 16.3 Å². The molecule has 0 spiro atoms. The predicted molar refractivity (Wildman–Crippen MR) is 47.5 cm³/mol. The smallest absolute Gasteiger partial charge is 0.219 e. The number of alkyl halides is 1. The standard InChI is InChI=1S/C8H11ClN2O/c1-3-12-8-6(2)7(4-9)10-5-11-8/h5H,3-4H2,1-2H3. The van der Waals surface area contributed by atoms with Crippen molar-refractivity contribution in [1.29, 1.82) is 0 Å². The Morgan fingerprint density at radius 2 is 2.25 bits per heavy atom. The number of hydrogen-bond acceptors (Lipinski definition) is 3. The van der Waals surface area contributed by atoms with Crippen molar-refractivity contribution in [3.05, 3.63) is 17.6 Å². The van der Waals surface area contributed by atoms with Crippen LogP contribution in [0.25, 0.3) is 0 Å². The normalized spacial score (nSPS) is 9.92. The van der Waals surface area contributed by atoms with Crippen LogP contribution in [0.3, 0.4) is 0 Å². The first kappa shape index (κ1) is 9.26. The highest BCUT2D eigenvalue weighted by Crippen LogP contribution is 2.17. The first-order valence-corrected chi connectivity index (χ1v) is 4.32. The second-order valence-electron chi connectivity index (χ2n) is 2.32. The third-order valence-corrected chi connectivity index (χ3v) is 1.80. The number of halogens is 1. The molecule has 0 aliphatic carbocycles. The van der Waals surface area contributed by atoms with Gasteiger partial charge in [0.15, 0.2) is 0 Å². The molecule has 1 rings (SSSR count). The molecule has 0 bridgehead atoms. The molecule has 0 N–H and O–H groups in total. The molecule has 12 heavy (non-hydrogen) atoms. The minimum absolute atomic E-state index is 0.397. The third-order valence-electron chi connectivity index (χ3n) is 1.55. The number of rotatable bonds is 3. The zero-order valence-corrected chi connectivity index (χ0v) is 7.93. The first-order chi connectivity index (χ1) is 5.79. The molecule has 0 unspecified atom stereocenters. The monoisotopic (exact) mass is 186 g/mol. The Kier molecular flexibility index (Phi) is 3.29. The summed E-state index contributed by atoms with van der Waals surface area (Å²) in [6.07, 6.45) is 1.47. The number of hydrogen-bond donors (Lipinski definition) is 0. The zero-order valence-electron chi connectivity index (χ0n) is 7.17. The minimum Gasteiger partial charge on any atom is -0.478 e. The Morgan fingerprint density at radius 1 is 1.50 bits per heavy atom. The van der Waals surface area contributed by atoms with Crippen LogP contribution in [0.4, 0.5) is 0 Å². The van der Waals surface area contributed by atoms with Crippen molar-refractivity contribution in [2.24, 2.45) is 0 Å². The summed E-state index contributed by atoms with van der Waals surface area (Å²) in [6.45, 7) is 4.43. The second kappa shape index (κ2) is 4.26. The fourth-order valence-corrected chi connectivity index (χ4v) is 1.15. The molecule has 0 fully saturated rings. The van der Waals surface area contributed by atoms with Gasteiger partial charge in [0.05, 0.1) is 18.2 Å². The third kappa shape index (κ3) is 1.85. The maximum Gasteiger partial charge on any atom is 0.219 e. The van der Waals surface area contributed by atoms with Gasteiger partial charge >= 0.3 is 0 Å². The molecular weight excluding hydrogens is 176 g/mol. The molecular formula is C8H11ClN2O. The molecule has 1 aromatic heterocycles. The average Bonchev–Trinajstić information content (AvgIpc) is 2.09. The molecule has 1 heterocycles. The topological polar surface area (TPSA) is 35.0 Å². The van der Waals surface area contributed by atoms with Crippen LogP contribution in [0.1, 0.15) is 18.2 Å². The van der Waals surface area contributed by atoms with Crippen LogP contribution in [0.5, 0.6) is 5.88 Å². The lowest BCUT2D eigenvalue weighted by molar-refractivity contribution is 0.323. The summed E-state index contributed by atoms with van der Waals surface area (Å²) in [5.74, 6) is 1.03. The van der Waals surface area contributed by atoms with Crippen LogP contribution >= 0.6 is 11.6 Å². The summed E-state index contributed by atoms with van der Waals surface area (Å²) in [5.41, 5.74) is 1.75. The Morgan fingerprint density at radius 3 is 2.83 bits per heavy atom. The maximum absolute atomic E-state index is 5.66. The summed E-state index contributed by atoms with van der Waals surface area (Å²) in [7, 11) is 0. The Labute approximate surface area is 76.7 Å². The van der Waals surface area contributed by atoms with Gasteiger partial charge < -0.3 is 4.74 Å². The molecule has 0 amide bonds. The van der Waals surface area contributed by atoms with Crippen molar-refractivity contribution in [3.8, 4) is 5.88 Å². The number of aromatic nitrogens is 2. The molecule has 0 radical (unpaired) electrons. The van der Waals surface area contributed by atoms with Crippen molar-refractivity contribution in [1.82, 2.24) is 9.97 Å². The van der Waals surface area contributed by atoms with Gasteiger partial charge in [-0.3, -0.25) is 0 Å².